The molecule has 5 nitrogen and oxygen atoms in total. The van der Waals surface area contributed by atoms with E-state index >= 15 is 0 Å². The van der Waals surface area contributed by atoms with Gasteiger partial charge in [-0.1, -0.05) is 12.1 Å². The van der Waals surface area contributed by atoms with Crippen LogP contribution in [0.1, 0.15) is 24.5 Å². The number of para-hydroxylation sites is 1. The zero-order valence-corrected chi connectivity index (χ0v) is 12.9. The van der Waals surface area contributed by atoms with Crippen LogP contribution in [0.15, 0.2) is 48.8 Å². The predicted octanol–water partition coefficient (Wildman–Crippen LogP) is 2.90. The summed E-state index contributed by atoms with van der Waals surface area (Å²) >= 11 is 0. The lowest BCUT2D eigenvalue weighted by atomic mass is 10.1. The number of nitrogens with zero attached hydrogens (tertiary/aromatic N) is 2. The first-order valence-electron chi connectivity index (χ1n) is 7.42. The van der Waals surface area contributed by atoms with Crippen LogP contribution < -0.4 is 4.74 Å². The summed E-state index contributed by atoms with van der Waals surface area (Å²) in [5.74, 6) is -0.0521. The Labute approximate surface area is 135 Å². The molecule has 0 aliphatic heterocycles. The number of carbonyl (C=O) groups excluding carboxylic acids is 1. The molecule has 0 bridgehead atoms. The Morgan fingerprint density at radius 3 is 2.74 bits per heavy atom. The molecule has 0 spiro atoms. The number of hydrogen-bond acceptors (Lipinski definition) is 5. The van der Waals surface area contributed by atoms with Crippen LogP contribution >= 0.6 is 0 Å². The topological polar surface area (TPSA) is 72.2 Å². The van der Waals surface area contributed by atoms with Crippen LogP contribution in [0, 0.1) is 11.3 Å². The lowest BCUT2D eigenvalue weighted by molar-refractivity contribution is -0.151. The molecule has 1 aromatic carbocycles. The average molecular weight is 310 g/mol. The SMILES string of the molecule is CC(Oc1ccccc1C#N)C(=O)OCCCc1ccncc1. The Morgan fingerprint density at radius 2 is 2.00 bits per heavy atom. The molecule has 2 rings (SSSR count). The van der Waals surface area contributed by atoms with Gasteiger partial charge in [0, 0.05) is 12.4 Å². The van der Waals surface area contributed by atoms with E-state index in [2.05, 4.69) is 4.98 Å². The van der Waals surface area contributed by atoms with Gasteiger partial charge in [-0.05, 0) is 49.6 Å². The van der Waals surface area contributed by atoms with Crippen molar-refractivity contribution in [1.82, 2.24) is 4.98 Å². The number of hydrogen-bond donors (Lipinski definition) is 0. The molecule has 0 saturated heterocycles. The third-order valence-corrected chi connectivity index (χ3v) is 3.25. The Morgan fingerprint density at radius 1 is 1.26 bits per heavy atom. The smallest absolute Gasteiger partial charge is 0.347 e. The number of aromatic nitrogens is 1. The van der Waals surface area contributed by atoms with Gasteiger partial charge in [0.05, 0.1) is 12.2 Å². The van der Waals surface area contributed by atoms with E-state index in [4.69, 9.17) is 14.7 Å². The van der Waals surface area contributed by atoms with Crippen molar-refractivity contribution in [3.05, 3.63) is 59.9 Å². The van der Waals surface area contributed by atoms with Gasteiger partial charge in [0.25, 0.3) is 0 Å². The second-order valence-corrected chi connectivity index (χ2v) is 4.99. The monoisotopic (exact) mass is 310 g/mol. The van der Waals surface area contributed by atoms with E-state index in [-0.39, 0.29) is 0 Å². The summed E-state index contributed by atoms with van der Waals surface area (Å²) in [6.45, 7) is 1.94. The molecule has 1 aromatic heterocycles. The zero-order valence-electron chi connectivity index (χ0n) is 12.9. The minimum atomic E-state index is -0.759. The van der Waals surface area contributed by atoms with E-state index in [0.29, 0.717) is 17.9 Å². The Balaban J connectivity index is 1.76. The third-order valence-electron chi connectivity index (χ3n) is 3.25. The van der Waals surface area contributed by atoms with Gasteiger partial charge in [0.1, 0.15) is 11.8 Å². The molecule has 0 aliphatic carbocycles. The number of nitriles is 1. The molecular formula is C18H18N2O3. The largest absolute Gasteiger partial charge is 0.478 e. The third kappa shape index (κ3) is 5.11. The second-order valence-electron chi connectivity index (χ2n) is 4.99. The van der Waals surface area contributed by atoms with Crippen molar-refractivity contribution in [2.75, 3.05) is 6.61 Å². The van der Waals surface area contributed by atoms with Gasteiger partial charge < -0.3 is 9.47 Å². The van der Waals surface area contributed by atoms with Crippen molar-refractivity contribution in [2.45, 2.75) is 25.9 Å². The zero-order chi connectivity index (χ0) is 16.5. The molecule has 1 unspecified atom stereocenters. The number of rotatable bonds is 7. The van der Waals surface area contributed by atoms with Crippen LogP contribution in [-0.4, -0.2) is 23.7 Å². The molecular weight excluding hydrogens is 292 g/mol. The number of pyridine rings is 1. The van der Waals surface area contributed by atoms with Crippen LogP contribution in [-0.2, 0) is 16.0 Å². The van der Waals surface area contributed by atoms with Crippen molar-refractivity contribution in [3.8, 4) is 11.8 Å². The van der Waals surface area contributed by atoms with Gasteiger partial charge in [0.2, 0.25) is 0 Å². The van der Waals surface area contributed by atoms with Crippen molar-refractivity contribution in [3.63, 3.8) is 0 Å². The maximum Gasteiger partial charge on any atom is 0.347 e. The summed E-state index contributed by atoms with van der Waals surface area (Å²) in [6.07, 6.45) is 4.28. The standard InChI is InChI=1S/C18H18N2O3/c1-14(23-17-7-3-2-6-16(17)13-19)18(21)22-12-4-5-15-8-10-20-11-9-15/h2-3,6-11,14H,4-5,12H2,1H3. The number of carbonyl (C=O) groups is 1. The first-order valence-corrected chi connectivity index (χ1v) is 7.42. The minimum Gasteiger partial charge on any atom is -0.478 e. The molecule has 0 fully saturated rings. The summed E-state index contributed by atoms with van der Waals surface area (Å²) in [7, 11) is 0. The second kappa shape index (κ2) is 8.54. The molecule has 118 valence electrons. The van der Waals surface area contributed by atoms with Crippen LogP contribution in [0.25, 0.3) is 0 Å². The maximum absolute atomic E-state index is 11.9. The molecule has 1 atom stereocenters. The normalized spacial score (nSPS) is 11.3. The Kier molecular flexibility index (Phi) is 6.13. The minimum absolute atomic E-state index is 0.328. The molecule has 1 heterocycles. The Bertz CT molecular complexity index is 680. The van der Waals surface area contributed by atoms with Crippen LogP contribution in [0.5, 0.6) is 5.75 Å². The van der Waals surface area contributed by atoms with Crippen molar-refractivity contribution < 1.29 is 14.3 Å². The lowest BCUT2D eigenvalue weighted by Gasteiger charge is -2.14. The van der Waals surface area contributed by atoms with Crippen molar-refractivity contribution in [1.29, 1.82) is 5.26 Å². The molecule has 0 aliphatic rings. The molecule has 0 N–H and O–H groups in total. The molecule has 0 saturated carbocycles. The number of aryl methyl sites for hydroxylation is 1. The highest BCUT2D eigenvalue weighted by atomic mass is 16.6. The van der Waals surface area contributed by atoms with E-state index in [0.717, 1.165) is 18.4 Å². The van der Waals surface area contributed by atoms with E-state index in [1.54, 1.807) is 43.6 Å². The molecule has 0 amide bonds. The summed E-state index contributed by atoms with van der Waals surface area (Å²) in [6, 6.07) is 12.7. The van der Waals surface area contributed by atoms with Gasteiger partial charge in [-0.2, -0.15) is 5.26 Å². The first-order chi connectivity index (χ1) is 11.2. The fourth-order valence-corrected chi connectivity index (χ4v) is 2.02. The van der Waals surface area contributed by atoms with Crippen LogP contribution in [0.3, 0.4) is 0 Å². The highest BCUT2D eigenvalue weighted by molar-refractivity contribution is 5.74. The first kappa shape index (κ1) is 16.5. The quantitative estimate of drug-likeness (QED) is 0.581. The predicted molar refractivity (Wildman–Crippen MR) is 84.8 cm³/mol. The maximum atomic E-state index is 11.9. The fraction of sp³-hybridized carbons (Fsp3) is 0.278. The van der Waals surface area contributed by atoms with Gasteiger partial charge >= 0.3 is 5.97 Å². The summed E-state index contributed by atoms with van der Waals surface area (Å²) < 4.78 is 10.7. The van der Waals surface area contributed by atoms with Gasteiger partial charge in [0.15, 0.2) is 6.10 Å². The highest BCUT2D eigenvalue weighted by Crippen LogP contribution is 2.18. The van der Waals surface area contributed by atoms with E-state index in [1.165, 1.54) is 0 Å². The molecule has 2 aromatic rings. The lowest BCUT2D eigenvalue weighted by Crippen LogP contribution is -2.26. The van der Waals surface area contributed by atoms with Crippen molar-refractivity contribution >= 4 is 5.97 Å². The Hall–Kier alpha value is -2.87. The molecule has 0 radical (unpaired) electrons. The summed E-state index contributed by atoms with van der Waals surface area (Å²) in [5.41, 5.74) is 1.55. The summed E-state index contributed by atoms with van der Waals surface area (Å²) in [4.78, 5) is 15.9. The van der Waals surface area contributed by atoms with Gasteiger partial charge in [-0.3, -0.25) is 4.98 Å². The number of ether oxygens (including phenoxy) is 2. The molecule has 5 heteroatoms. The van der Waals surface area contributed by atoms with E-state index in [1.807, 2.05) is 18.2 Å². The number of benzene rings is 1. The highest BCUT2D eigenvalue weighted by Gasteiger charge is 2.17. The van der Waals surface area contributed by atoms with E-state index in [9.17, 15) is 4.79 Å². The average Bonchev–Trinajstić information content (AvgIpc) is 2.60. The van der Waals surface area contributed by atoms with Gasteiger partial charge in [-0.15, -0.1) is 0 Å². The molecule has 23 heavy (non-hydrogen) atoms. The van der Waals surface area contributed by atoms with Gasteiger partial charge in [-0.25, -0.2) is 4.79 Å². The van der Waals surface area contributed by atoms with Crippen LogP contribution in [0.2, 0.25) is 0 Å². The van der Waals surface area contributed by atoms with E-state index < -0.39 is 12.1 Å². The fourth-order valence-electron chi connectivity index (χ4n) is 2.02. The van der Waals surface area contributed by atoms with Crippen molar-refractivity contribution in [2.24, 2.45) is 0 Å². The number of esters is 1. The summed E-state index contributed by atoms with van der Waals surface area (Å²) in [5, 5.41) is 9.00. The van der Waals surface area contributed by atoms with Crippen LogP contribution in [0.4, 0.5) is 0 Å².